The Morgan fingerprint density at radius 3 is 2.52 bits per heavy atom. The van der Waals surface area contributed by atoms with Gasteiger partial charge in [-0.1, -0.05) is 20.8 Å². The van der Waals surface area contributed by atoms with E-state index in [0.29, 0.717) is 13.0 Å². The molecule has 1 heterocycles. The van der Waals surface area contributed by atoms with Gasteiger partial charge >= 0.3 is 0 Å². The maximum atomic E-state index is 14.1. The second-order valence-electron chi connectivity index (χ2n) is 7.04. The number of hydrogen-bond acceptors (Lipinski definition) is 3. The zero-order chi connectivity index (χ0) is 17.5. The van der Waals surface area contributed by atoms with Crippen LogP contribution in [0.2, 0.25) is 0 Å². The van der Waals surface area contributed by atoms with Crippen LogP contribution in [0.3, 0.4) is 0 Å². The zero-order valence-electron chi connectivity index (χ0n) is 13.7. The number of rotatable bonds is 2. The number of nitrogens with zero attached hydrogens (tertiary/aromatic N) is 1. The molecule has 0 fully saturated rings. The maximum absolute atomic E-state index is 14.1. The minimum absolute atomic E-state index is 0.0234. The third kappa shape index (κ3) is 3.29. The molecule has 0 spiro atoms. The van der Waals surface area contributed by atoms with Crippen molar-refractivity contribution >= 4 is 11.6 Å². The van der Waals surface area contributed by atoms with Crippen LogP contribution < -0.4 is 16.0 Å². The first-order valence-electron chi connectivity index (χ1n) is 7.48. The Bertz CT molecular complexity index is 628. The van der Waals surface area contributed by atoms with Crippen LogP contribution >= 0.6 is 0 Å². The third-order valence-corrected chi connectivity index (χ3v) is 4.21. The summed E-state index contributed by atoms with van der Waals surface area (Å²) < 4.78 is 41.1. The molecule has 0 radical (unpaired) electrons. The number of carbonyl (C=O) groups excluding carboxylic acids is 1. The molecule has 7 heteroatoms. The summed E-state index contributed by atoms with van der Waals surface area (Å²) in [4.78, 5) is 13.8. The molecule has 0 aromatic heterocycles. The van der Waals surface area contributed by atoms with Crippen LogP contribution in [-0.4, -0.2) is 25.5 Å². The van der Waals surface area contributed by atoms with Crippen LogP contribution in [0.25, 0.3) is 0 Å². The molecule has 0 bridgehead atoms. The maximum Gasteiger partial charge on any atom is 0.237 e. The van der Waals surface area contributed by atoms with E-state index in [2.05, 4.69) is 5.32 Å². The van der Waals surface area contributed by atoms with E-state index in [9.17, 15) is 18.0 Å². The highest BCUT2D eigenvalue weighted by molar-refractivity contribution is 5.83. The topological polar surface area (TPSA) is 58.4 Å². The second kappa shape index (κ2) is 6.03. The summed E-state index contributed by atoms with van der Waals surface area (Å²) in [6.45, 7) is 5.89. The van der Waals surface area contributed by atoms with E-state index in [1.54, 1.807) is 7.05 Å². The van der Waals surface area contributed by atoms with Gasteiger partial charge in [0.05, 0.1) is 17.8 Å². The van der Waals surface area contributed by atoms with E-state index in [4.69, 9.17) is 5.73 Å². The molecule has 1 aromatic carbocycles. The lowest BCUT2D eigenvalue weighted by Crippen LogP contribution is -2.50. The summed E-state index contributed by atoms with van der Waals surface area (Å²) in [5.74, 6) is -4.41. The van der Waals surface area contributed by atoms with E-state index in [1.165, 1.54) is 4.90 Å². The number of halogens is 3. The number of benzene rings is 1. The molecule has 1 aliphatic heterocycles. The van der Waals surface area contributed by atoms with Crippen molar-refractivity contribution in [1.29, 1.82) is 0 Å². The summed E-state index contributed by atoms with van der Waals surface area (Å²) in [6.07, 6.45) is 0.455. The van der Waals surface area contributed by atoms with Crippen LogP contribution in [-0.2, 0) is 4.79 Å². The Balaban J connectivity index is 2.35. The SMILES string of the molecule is CN1CCC(NC(=O)[C@@H](N)C(C)(C)C)c2cc(F)c(F)c(F)c21. The molecule has 4 nitrogen and oxygen atoms in total. The van der Waals surface area contributed by atoms with E-state index >= 15 is 0 Å². The quantitative estimate of drug-likeness (QED) is 0.820. The molecule has 128 valence electrons. The largest absolute Gasteiger partial charge is 0.372 e. The molecule has 2 rings (SSSR count). The van der Waals surface area contributed by atoms with E-state index < -0.39 is 40.9 Å². The molecule has 1 aliphatic rings. The number of amides is 1. The average Bonchev–Trinajstić information content (AvgIpc) is 2.45. The summed E-state index contributed by atoms with van der Waals surface area (Å²) in [5, 5.41) is 2.73. The van der Waals surface area contributed by atoms with Crippen molar-refractivity contribution < 1.29 is 18.0 Å². The minimum atomic E-state index is -1.51. The third-order valence-electron chi connectivity index (χ3n) is 4.21. The molecule has 0 aliphatic carbocycles. The predicted molar refractivity (Wildman–Crippen MR) is 82.5 cm³/mol. The first-order valence-corrected chi connectivity index (χ1v) is 7.48. The zero-order valence-corrected chi connectivity index (χ0v) is 13.7. The highest BCUT2D eigenvalue weighted by atomic mass is 19.2. The predicted octanol–water partition coefficient (Wildman–Crippen LogP) is 2.47. The normalized spacial score (nSPS) is 19.3. The first-order chi connectivity index (χ1) is 10.5. The van der Waals surface area contributed by atoms with Gasteiger partial charge in [0.1, 0.15) is 0 Å². The van der Waals surface area contributed by atoms with Crippen LogP contribution in [0, 0.1) is 22.9 Å². The highest BCUT2D eigenvalue weighted by Gasteiger charge is 2.34. The smallest absolute Gasteiger partial charge is 0.237 e. The number of anilines is 1. The van der Waals surface area contributed by atoms with E-state index in [1.807, 2.05) is 20.8 Å². The van der Waals surface area contributed by atoms with Gasteiger partial charge in [0.2, 0.25) is 5.91 Å². The molecule has 23 heavy (non-hydrogen) atoms. The fourth-order valence-electron chi connectivity index (χ4n) is 2.65. The molecular formula is C16H22F3N3O. The van der Waals surface area contributed by atoms with Gasteiger partial charge in [-0.25, -0.2) is 13.2 Å². The lowest BCUT2D eigenvalue weighted by atomic mass is 9.86. The molecule has 1 unspecified atom stereocenters. The van der Waals surface area contributed by atoms with Gasteiger partial charge < -0.3 is 16.0 Å². The van der Waals surface area contributed by atoms with Gasteiger partial charge in [-0.2, -0.15) is 0 Å². The van der Waals surface area contributed by atoms with Crippen LogP contribution in [0.5, 0.6) is 0 Å². The lowest BCUT2D eigenvalue weighted by Gasteiger charge is -2.35. The Morgan fingerprint density at radius 2 is 1.96 bits per heavy atom. The van der Waals surface area contributed by atoms with Gasteiger partial charge in [-0.05, 0) is 17.9 Å². The van der Waals surface area contributed by atoms with Crippen molar-refractivity contribution in [3.05, 3.63) is 29.1 Å². The molecular weight excluding hydrogens is 307 g/mol. The van der Waals surface area contributed by atoms with E-state index in [-0.39, 0.29) is 11.3 Å². The van der Waals surface area contributed by atoms with Gasteiger partial charge in [0.25, 0.3) is 0 Å². The van der Waals surface area contributed by atoms with Crippen LogP contribution in [0.1, 0.15) is 38.8 Å². The van der Waals surface area contributed by atoms with Crippen molar-refractivity contribution in [2.75, 3.05) is 18.5 Å². The van der Waals surface area contributed by atoms with Gasteiger partial charge in [-0.15, -0.1) is 0 Å². The molecule has 3 N–H and O–H groups in total. The number of fused-ring (bicyclic) bond motifs is 1. The molecule has 2 atom stereocenters. The van der Waals surface area contributed by atoms with Crippen LogP contribution in [0.4, 0.5) is 18.9 Å². The van der Waals surface area contributed by atoms with Crippen LogP contribution in [0.15, 0.2) is 6.07 Å². The van der Waals surface area contributed by atoms with E-state index in [0.717, 1.165) is 6.07 Å². The minimum Gasteiger partial charge on any atom is -0.372 e. The number of carbonyl (C=O) groups is 1. The number of nitrogens with two attached hydrogens (primary N) is 1. The fourth-order valence-corrected chi connectivity index (χ4v) is 2.65. The average molecular weight is 329 g/mol. The monoisotopic (exact) mass is 329 g/mol. The number of nitrogens with one attached hydrogen (secondary N) is 1. The molecule has 0 saturated carbocycles. The number of hydrogen-bond donors (Lipinski definition) is 2. The fraction of sp³-hybridized carbons (Fsp3) is 0.562. The van der Waals surface area contributed by atoms with Crippen molar-refractivity contribution in [1.82, 2.24) is 5.32 Å². The van der Waals surface area contributed by atoms with Gasteiger partial charge in [0.15, 0.2) is 17.5 Å². The standard InChI is InChI=1S/C16H22F3N3O/c1-16(2,3)14(20)15(23)21-10-5-6-22(4)13-8(10)7-9(17)11(18)12(13)19/h7,10,14H,5-6,20H2,1-4H3,(H,21,23)/t10?,14-/m1/s1. The molecule has 1 aromatic rings. The van der Waals surface area contributed by atoms with Gasteiger partial charge in [-0.3, -0.25) is 4.79 Å². The Kier molecular flexibility index (Phi) is 4.61. The highest BCUT2D eigenvalue weighted by Crippen LogP contribution is 2.37. The Hall–Kier alpha value is -1.76. The summed E-state index contributed by atoms with van der Waals surface area (Å²) in [5.41, 5.74) is 5.67. The Morgan fingerprint density at radius 1 is 1.35 bits per heavy atom. The van der Waals surface area contributed by atoms with Gasteiger partial charge in [0, 0.05) is 19.2 Å². The van der Waals surface area contributed by atoms with Crippen molar-refractivity contribution in [2.24, 2.45) is 11.1 Å². The lowest BCUT2D eigenvalue weighted by molar-refractivity contribution is -0.125. The Labute approximate surface area is 133 Å². The second-order valence-corrected chi connectivity index (χ2v) is 7.04. The first kappa shape index (κ1) is 17.6. The van der Waals surface area contributed by atoms with Crippen molar-refractivity contribution in [3.63, 3.8) is 0 Å². The summed E-state index contributed by atoms with van der Waals surface area (Å²) in [6, 6.07) is -0.427. The summed E-state index contributed by atoms with van der Waals surface area (Å²) in [7, 11) is 1.60. The van der Waals surface area contributed by atoms with Crippen molar-refractivity contribution in [2.45, 2.75) is 39.3 Å². The van der Waals surface area contributed by atoms with Crippen molar-refractivity contribution in [3.8, 4) is 0 Å². The summed E-state index contributed by atoms with van der Waals surface area (Å²) >= 11 is 0. The molecule has 0 saturated heterocycles. The molecule has 1 amide bonds.